The van der Waals surface area contributed by atoms with Gasteiger partial charge in [-0.3, -0.25) is 4.99 Å². The largest absolute Gasteiger partial charge is 0.469 e. The van der Waals surface area contributed by atoms with Crippen molar-refractivity contribution in [3.05, 3.63) is 24.2 Å². The quantitative estimate of drug-likeness (QED) is 0.446. The number of guanidine groups is 1. The van der Waals surface area contributed by atoms with Gasteiger partial charge in [0.25, 0.3) is 0 Å². The van der Waals surface area contributed by atoms with Gasteiger partial charge in [-0.1, -0.05) is 0 Å². The van der Waals surface area contributed by atoms with Crippen LogP contribution in [0.2, 0.25) is 0 Å². The predicted molar refractivity (Wildman–Crippen MR) is 97.4 cm³/mol. The molecule has 0 aromatic carbocycles. The highest BCUT2D eigenvalue weighted by Gasteiger charge is 2.16. The van der Waals surface area contributed by atoms with Crippen LogP contribution < -0.4 is 10.6 Å². The summed E-state index contributed by atoms with van der Waals surface area (Å²) in [5.74, 6) is 2.65. The number of nitrogens with one attached hydrogen (secondary N) is 2. The van der Waals surface area contributed by atoms with E-state index in [0.29, 0.717) is 0 Å². The van der Waals surface area contributed by atoms with E-state index >= 15 is 0 Å². The number of nitrogens with zero attached hydrogens (tertiary/aromatic N) is 2. The summed E-state index contributed by atoms with van der Waals surface area (Å²) in [6.45, 7) is 4.25. The van der Waals surface area contributed by atoms with Crippen LogP contribution in [-0.4, -0.2) is 51.1 Å². The van der Waals surface area contributed by atoms with Gasteiger partial charge < -0.3 is 20.0 Å². The molecule has 1 aliphatic rings. The van der Waals surface area contributed by atoms with E-state index in [0.717, 1.165) is 37.1 Å². The predicted octanol–water partition coefficient (Wildman–Crippen LogP) is 1.95. The van der Waals surface area contributed by atoms with Gasteiger partial charge in [0.15, 0.2) is 5.96 Å². The van der Waals surface area contributed by atoms with Gasteiger partial charge in [-0.15, -0.1) is 24.0 Å². The molecule has 2 N–H and O–H groups in total. The molecule has 0 amide bonds. The Morgan fingerprint density at radius 2 is 2.14 bits per heavy atom. The molecule has 1 aromatic heterocycles. The second-order valence-corrected chi connectivity index (χ2v) is 5.46. The van der Waals surface area contributed by atoms with Crippen LogP contribution >= 0.6 is 24.0 Å². The Hall–Kier alpha value is -0.760. The van der Waals surface area contributed by atoms with Gasteiger partial charge in [0.2, 0.25) is 0 Å². The Bertz CT molecular complexity index is 400. The summed E-state index contributed by atoms with van der Waals surface area (Å²) in [5.41, 5.74) is 0. The second kappa shape index (κ2) is 10.0. The summed E-state index contributed by atoms with van der Waals surface area (Å²) in [6, 6.07) is 3.92. The van der Waals surface area contributed by atoms with Crippen LogP contribution in [0.5, 0.6) is 0 Å². The molecule has 0 aliphatic carbocycles. The molecule has 2 heterocycles. The summed E-state index contributed by atoms with van der Waals surface area (Å²) in [7, 11) is 4.01. The number of halogens is 1. The molecule has 2 rings (SSSR count). The number of aliphatic imine (C=N–C) groups is 1. The molecular weight excluding hydrogens is 379 g/mol. The van der Waals surface area contributed by atoms with Crippen LogP contribution in [0.3, 0.4) is 0 Å². The molecule has 21 heavy (non-hydrogen) atoms. The highest BCUT2D eigenvalue weighted by atomic mass is 127. The minimum Gasteiger partial charge on any atom is -0.469 e. The monoisotopic (exact) mass is 406 g/mol. The van der Waals surface area contributed by atoms with Gasteiger partial charge in [-0.05, 0) is 51.0 Å². The number of hydrogen-bond acceptors (Lipinski definition) is 3. The fourth-order valence-electron chi connectivity index (χ4n) is 2.49. The molecule has 0 saturated carbocycles. The van der Waals surface area contributed by atoms with Crippen molar-refractivity contribution in [1.82, 2.24) is 15.5 Å². The minimum atomic E-state index is 0. The number of furan rings is 1. The van der Waals surface area contributed by atoms with E-state index in [4.69, 9.17) is 4.42 Å². The van der Waals surface area contributed by atoms with Crippen molar-refractivity contribution in [3.8, 4) is 0 Å². The van der Waals surface area contributed by atoms with E-state index in [9.17, 15) is 0 Å². The zero-order valence-corrected chi connectivity index (χ0v) is 15.3. The SMILES string of the molecule is CN=C(NCCc1ccco1)NCC1CCN(C)CC1.I. The summed E-state index contributed by atoms with van der Waals surface area (Å²) in [6.07, 6.45) is 5.13. The third kappa shape index (κ3) is 6.69. The van der Waals surface area contributed by atoms with Crippen molar-refractivity contribution in [1.29, 1.82) is 0 Å². The van der Waals surface area contributed by atoms with E-state index in [1.807, 2.05) is 19.2 Å². The Morgan fingerprint density at radius 3 is 2.76 bits per heavy atom. The lowest BCUT2D eigenvalue weighted by Gasteiger charge is -2.29. The van der Waals surface area contributed by atoms with Crippen LogP contribution in [0.15, 0.2) is 27.8 Å². The lowest BCUT2D eigenvalue weighted by atomic mass is 9.97. The maximum Gasteiger partial charge on any atom is 0.190 e. The normalized spacial score (nSPS) is 17.3. The Kier molecular flexibility index (Phi) is 8.75. The fraction of sp³-hybridized carbons (Fsp3) is 0.667. The first-order chi connectivity index (χ1) is 9.78. The molecule has 0 atom stereocenters. The lowest BCUT2D eigenvalue weighted by Crippen LogP contribution is -2.42. The molecule has 1 aromatic rings. The molecule has 1 saturated heterocycles. The number of likely N-dealkylation sites (tertiary alicyclic amines) is 1. The molecule has 1 aliphatic heterocycles. The van der Waals surface area contributed by atoms with Crippen molar-refractivity contribution < 1.29 is 4.42 Å². The van der Waals surface area contributed by atoms with Gasteiger partial charge in [0.05, 0.1) is 6.26 Å². The van der Waals surface area contributed by atoms with Crippen LogP contribution in [0.4, 0.5) is 0 Å². The molecule has 0 radical (unpaired) electrons. The third-order valence-electron chi connectivity index (χ3n) is 3.86. The number of rotatable bonds is 5. The van der Waals surface area contributed by atoms with Gasteiger partial charge in [0.1, 0.15) is 5.76 Å². The van der Waals surface area contributed by atoms with Gasteiger partial charge >= 0.3 is 0 Å². The zero-order valence-electron chi connectivity index (χ0n) is 13.0. The average Bonchev–Trinajstić information content (AvgIpc) is 2.97. The standard InChI is InChI=1S/C15H26N4O.HI/c1-16-15(17-8-5-14-4-3-11-20-14)18-12-13-6-9-19(2)10-7-13;/h3-4,11,13H,5-10,12H2,1-2H3,(H2,16,17,18);1H. The van der Waals surface area contributed by atoms with Crippen molar-refractivity contribution in [2.45, 2.75) is 19.3 Å². The average molecular weight is 406 g/mol. The highest BCUT2D eigenvalue weighted by molar-refractivity contribution is 14.0. The van der Waals surface area contributed by atoms with Crippen LogP contribution in [0.25, 0.3) is 0 Å². The van der Waals surface area contributed by atoms with Gasteiger partial charge in [-0.2, -0.15) is 0 Å². The Balaban J connectivity index is 0.00000220. The molecular formula is C15H27IN4O. The van der Waals surface area contributed by atoms with Crippen LogP contribution in [0, 0.1) is 5.92 Å². The Labute approximate surface area is 144 Å². The maximum atomic E-state index is 5.31. The maximum absolute atomic E-state index is 5.31. The third-order valence-corrected chi connectivity index (χ3v) is 3.86. The molecule has 120 valence electrons. The molecule has 5 nitrogen and oxygen atoms in total. The first-order valence-electron chi connectivity index (χ1n) is 7.43. The molecule has 6 heteroatoms. The first-order valence-corrected chi connectivity index (χ1v) is 7.43. The van der Waals surface area contributed by atoms with E-state index in [2.05, 4.69) is 27.6 Å². The molecule has 0 unspecified atom stereocenters. The molecule has 1 fully saturated rings. The van der Waals surface area contributed by atoms with E-state index in [-0.39, 0.29) is 24.0 Å². The topological polar surface area (TPSA) is 52.8 Å². The van der Waals surface area contributed by atoms with Crippen LogP contribution in [-0.2, 0) is 6.42 Å². The minimum absolute atomic E-state index is 0. The summed E-state index contributed by atoms with van der Waals surface area (Å²) >= 11 is 0. The van der Waals surface area contributed by atoms with Crippen molar-refractivity contribution in [2.24, 2.45) is 10.9 Å². The summed E-state index contributed by atoms with van der Waals surface area (Å²) < 4.78 is 5.31. The van der Waals surface area contributed by atoms with Crippen molar-refractivity contribution >= 4 is 29.9 Å². The highest BCUT2D eigenvalue weighted by Crippen LogP contribution is 2.14. The zero-order chi connectivity index (χ0) is 14.2. The van der Waals surface area contributed by atoms with E-state index in [1.54, 1.807) is 6.26 Å². The van der Waals surface area contributed by atoms with E-state index in [1.165, 1.54) is 25.9 Å². The van der Waals surface area contributed by atoms with E-state index < -0.39 is 0 Å². The van der Waals surface area contributed by atoms with Crippen molar-refractivity contribution in [2.75, 3.05) is 40.3 Å². The lowest BCUT2D eigenvalue weighted by molar-refractivity contribution is 0.220. The smallest absolute Gasteiger partial charge is 0.190 e. The van der Waals surface area contributed by atoms with Crippen LogP contribution in [0.1, 0.15) is 18.6 Å². The summed E-state index contributed by atoms with van der Waals surface area (Å²) in [5, 5.41) is 6.75. The Morgan fingerprint density at radius 1 is 1.38 bits per heavy atom. The first kappa shape index (κ1) is 18.3. The number of piperidine rings is 1. The van der Waals surface area contributed by atoms with Gasteiger partial charge in [0, 0.05) is 26.6 Å². The summed E-state index contributed by atoms with van der Waals surface area (Å²) in [4.78, 5) is 6.66. The number of hydrogen-bond donors (Lipinski definition) is 2. The van der Waals surface area contributed by atoms with Gasteiger partial charge in [-0.25, -0.2) is 0 Å². The second-order valence-electron chi connectivity index (χ2n) is 5.46. The fourth-order valence-corrected chi connectivity index (χ4v) is 2.49. The van der Waals surface area contributed by atoms with Crippen molar-refractivity contribution in [3.63, 3.8) is 0 Å². The molecule has 0 bridgehead atoms. The molecule has 0 spiro atoms.